The van der Waals surface area contributed by atoms with E-state index in [-0.39, 0.29) is 0 Å². The van der Waals surface area contributed by atoms with Gasteiger partial charge in [-0.05, 0) is 20.3 Å². The van der Waals surface area contributed by atoms with Crippen LogP contribution in [0.4, 0.5) is 5.13 Å². The number of nitrogens with one attached hydrogen (secondary N) is 1. The summed E-state index contributed by atoms with van der Waals surface area (Å²) in [5.74, 6) is 1.59. The highest BCUT2D eigenvalue weighted by Gasteiger charge is 2.06. The molecular weight excluding hydrogens is 222 g/mol. The summed E-state index contributed by atoms with van der Waals surface area (Å²) < 4.78 is 5.47. The van der Waals surface area contributed by atoms with Crippen molar-refractivity contribution in [2.45, 2.75) is 33.7 Å². The van der Waals surface area contributed by atoms with Gasteiger partial charge in [-0.2, -0.15) is 0 Å². The van der Waals surface area contributed by atoms with Gasteiger partial charge < -0.3 is 9.73 Å². The van der Waals surface area contributed by atoms with Crippen molar-refractivity contribution in [1.82, 2.24) is 9.97 Å². The maximum atomic E-state index is 5.47. The SMILES string of the molecule is CCc1csc(NCc2nc(C)c(C)o2)n1. The highest BCUT2D eigenvalue weighted by atomic mass is 32.1. The molecule has 0 unspecified atom stereocenters. The molecule has 0 spiro atoms. The van der Waals surface area contributed by atoms with Crippen LogP contribution in [0.5, 0.6) is 0 Å². The molecule has 2 aromatic heterocycles. The Morgan fingerprint density at radius 2 is 2.19 bits per heavy atom. The maximum Gasteiger partial charge on any atom is 0.214 e. The zero-order valence-corrected chi connectivity index (χ0v) is 10.5. The third-order valence-electron chi connectivity index (χ3n) is 2.38. The number of hydrogen-bond donors (Lipinski definition) is 1. The van der Waals surface area contributed by atoms with E-state index in [0.29, 0.717) is 12.4 Å². The first-order valence-electron chi connectivity index (χ1n) is 5.30. The van der Waals surface area contributed by atoms with Crippen molar-refractivity contribution >= 4 is 16.5 Å². The molecule has 0 atom stereocenters. The maximum absolute atomic E-state index is 5.47. The lowest BCUT2D eigenvalue weighted by atomic mass is 10.4. The molecule has 0 aliphatic heterocycles. The van der Waals surface area contributed by atoms with E-state index in [1.54, 1.807) is 11.3 Å². The van der Waals surface area contributed by atoms with E-state index in [1.807, 2.05) is 13.8 Å². The topological polar surface area (TPSA) is 51.0 Å². The first-order valence-corrected chi connectivity index (χ1v) is 6.18. The molecule has 0 aromatic carbocycles. The molecule has 0 amide bonds. The van der Waals surface area contributed by atoms with Crippen molar-refractivity contribution in [2.24, 2.45) is 0 Å². The quantitative estimate of drug-likeness (QED) is 0.888. The van der Waals surface area contributed by atoms with Crippen LogP contribution < -0.4 is 5.32 Å². The highest BCUT2D eigenvalue weighted by molar-refractivity contribution is 7.13. The Balaban J connectivity index is 1.96. The van der Waals surface area contributed by atoms with Crippen LogP contribution in [0.15, 0.2) is 9.80 Å². The molecule has 0 bridgehead atoms. The number of nitrogens with zero attached hydrogens (tertiary/aromatic N) is 2. The largest absolute Gasteiger partial charge is 0.444 e. The summed E-state index contributed by atoms with van der Waals surface area (Å²) in [6, 6.07) is 0. The minimum absolute atomic E-state index is 0.589. The Hall–Kier alpha value is -1.36. The Labute approximate surface area is 98.7 Å². The van der Waals surface area contributed by atoms with Crippen molar-refractivity contribution in [3.63, 3.8) is 0 Å². The van der Waals surface area contributed by atoms with Crippen LogP contribution in [0.1, 0.15) is 30.0 Å². The van der Waals surface area contributed by atoms with E-state index in [1.165, 1.54) is 0 Å². The van der Waals surface area contributed by atoms with Crippen molar-refractivity contribution < 1.29 is 4.42 Å². The van der Waals surface area contributed by atoms with Crippen molar-refractivity contribution in [3.05, 3.63) is 28.4 Å². The van der Waals surface area contributed by atoms with Crippen LogP contribution in [0.25, 0.3) is 0 Å². The van der Waals surface area contributed by atoms with Gasteiger partial charge in [0.05, 0.1) is 17.9 Å². The molecule has 5 heteroatoms. The lowest BCUT2D eigenvalue weighted by Gasteiger charge is -1.97. The van der Waals surface area contributed by atoms with Gasteiger partial charge in [-0.15, -0.1) is 11.3 Å². The van der Waals surface area contributed by atoms with Crippen molar-refractivity contribution in [3.8, 4) is 0 Å². The van der Waals surface area contributed by atoms with Gasteiger partial charge in [0.25, 0.3) is 0 Å². The second kappa shape index (κ2) is 4.65. The van der Waals surface area contributed by atoms with Gasteiger partial charge >= 0.3 is 0 Å². The summed E-state index contributed by atoms with van der Waals surface area (Å²) in [5, 5.41) is 6.19. The van der Waals surface area contributed by atoms with E-state index in [4.69, 9.17) is 4.42 Å². The number of aromatic nitrogens is 2. The summed E-state index contributed by atoms with van der Waals surface area (Å²) in [6.45, 7) is 6.55. The first-order chi connectivity index (χ1) is 7.69. The van der Waals surface area contributed by atoms with Crippen LogP contribution in [-0.2, 0) is 13.0 Å². The normalized spacial score (nSPS) is 10.7. The summed E-state index contributed by atoms with van der Waals surface area (Å²) in [4.78, 5) is 8.71. The Morgan fingerprint density at radius 1 is 1.38 bits per heavy atom. The third-order valence-corrected chi connectivity index (χ3v) is 3.23. The zero-order valence-electron chi connectivity index (χ0n) is 9.70. The van der Waals surface area contributed by atoms with E-state index in [9.17, 15) is 0 Å². The first kappa shape index (κ1) is 11.1. The van der Waals surface area contributed by atoms with E-state index >= 15 is 0 Å². The Morgan fingerprint density at radius 3 is 2.75 bits per heavy atom. The number of rotatable bonds is 4. The summed E-state index contributed by atoms with van der Waals surface area (Å²) in [5.41, 5.74) is 2.07. The zero-order chi connectivity index (χ0) is 11.5. The van der Waals surface area contributed by atoms with Crippen LogP contribution in [0, 0.1) is 13.8 Å². The summed E-state index contributed by atoms with van der Waals surface area (Å²) >= 11 is 1.61. The molecule has 1 N–H and O–H groups in total. The van der Waals surface area contributed by atoms with Gasteiger partial charge in [-0.1, -0.05) is 6.92 Å². The van der Waals surface area contributed by atoms with Crippen molar-refractivity contribution in [1.29, 1.82) is 0 Å². The van der Waals surface area contributed by atoms with Crippen LogP contribution in [0.3, 0.4) is 0 Å². The molecule has 0 saturated carbocycles. The van der Waals surface area contributed by atoms with Gasteiger partial charge in [-0.3, -0.25) is 0 Å². The fourth-order valence-corrected chi connectivity index (χ4v) is 2.11. The minimum atomic E-state index is 0.589. The highest BCUT2D eigenvalue weighted by Crippen LogP contribution is 2.17. The standard InChI is InChI=1S/C11H15N3OS/c1-4-9-6-16-11(14-9)12-5-10-13-7(2)8(3)15-10/h6H,4-5H2,1-3H3,(H,12,14). The Kier molecular flexibility index (Phi) is 3.24. The Bertz CT molecular complexity index is 456. The molecule has 2 heterocycles. The van der Waals surface area contributed by atoms with E-state index in [2.05, 4.69) is 27.6 Å². The van der Waals surface area contributed by atoms with E-state index in [0.717, 1.165) is 28.7 Å². The molecule has 2 rings (SSSR count). The van der Waals surface area contributed by atoms with Gasteiger partial charge in [0, 0.05) is 5.38 Å². The number of thiazole rings is 1. The average molecular weight is 237 g/mol. The minimum Gasteiger partial charge on any atom is -0.444 e. The van der Waals surface area contributed by atoms with Crippen LogP contribution in [0.2, 0.25) is 0 Å². The van der Waals surface area contributed by atoms with Crippen LogP contribution >= 0.6 is 11.3 Å². The fraction of sp³-hybridized carbons (Fsp3) is 0.455. The monoisotopic (exact) mass is 237 g/mol. The fourth-order valence-electron chi connectivity index (χ4n) is 1.32. The summed E-state index contributed by atoms with van der Waals surface area (Å²) in [6.07, 6.45) is 0.968. The molecule has 0 saturated heterocycles. The van der Waals surface area contributed by atoms with Gasteiger partial charge in [0.1, 0.15) is 5.76 Å². The number of anilines is 1. The molecule has 86 valence electrons. The molecule has 0 aliphatic carbocycles. The number of oxazole rings is 1. The predicted molar refractivity (Wildman–Crippen MR) is 64.8 cm³/mol. The molecule has 16 heavy (non-hydrogen) atoms. The molecular formula is C11H15N3OS. The van der Waals surface area contributed by atoms with Gasteiger partial charge in [0.15, 0.2) is 5.13 Å². The second-order valence-electron chi connectivity index (χ2n) is 3.60. The van der Waals surface area contributed by atoms with Crippen molar-refractivity contribution in [2.75, 3.05) is 5.32 Å². The molecule has 0 aliphatic rings. The summed E-state index contributed by atoms with van der Waals surface area (Å²) in [7, 11) is 0. The lowest BCUT2D eigenvalue weighted by molar-refractivity contribution is 0.478. The smallest absolute Gasteiger partial charge is 0.214 e. The molecule has 0 fully saturated rings. The third kappa shape index (κ3) is 2.41. The molecule has 2 aromatic rings. The average Bonchev–Trinajstić information content (AvgIpc) is 2.84. The van der Waals surface area contributed by atoms with Gasteiger partial charge in [-0.25, -0.2) is 9.97 Å². The number of hydrogen-bond acceptors (Lipinski definition) is 5. The number of aryl methyl sites for hydroxylation is 3. The molecule has 4 nitrogen and oxygen atoms in total. The lowest BCUT2D eigenvalue weighted by Crippen LogP contribution is -1.99. The molecule has 0 radical (unpaired) electrons. The van der Waals surface area contributed by atoms with Crippen LogP contribution in [-0.4, -0.2) is 9.97 Å². The predicted octanol–water partition coefficient (Wildman–Crippen LogP) is 2.92. The van der Waals surface area contributed by atoms with Gasteiger partial charge in [0.2, 0.25) is 5.89 Å². The van der Waals surface area contributed by atoms with E-state index < -0.39 is 0 Å². The second-order valence-corrected chi connectivity index (χ2v) is 4.46.